The molecular formula is C18H26N6O2. The van der Waals surface area contributed by atoms with E-state index in [1.165, 1.54) is 0 Å². The van der Waals surface area contributed by atoms with Gasteiger partial charge in [0.25, 0.3) is 0 Å². The molecule has 0 bridgehead atoms. The monoisotopic (exact) mass is 358 g/mol. The molecular weight excluding hydrogens is 332 g/mol. The zero-order chi connectivity index (χ0) is 18.6. The predicted octanol–water partition coefficient (Wildman–Crippen LogP) is 2.54. The number of hydrogen-bond acceptors (Lipinski definition) is 5. The number of amides is 1. The maximum Gasteiger partial charge on any atom is 0.410 e. The van der Waals surface area contributed by atoms with E-state index in [1.807, 2.05) is 39.3 Å². The Bertz CT molecular complexity index is 860. The van der Waals surface area contributed by atoms with E-state index in [1.54, 1.807) is 4.90 Å². The fourth-order valence-corrected chi connectivity index (χ4v) is 3.77. The van der Waals surface area contributed by atoms with Crippen LogP contribution in [0.1, 0.15) is 51.2 Å². The molecule has 2 aliphatic rings. The second kappa shape index (κ2) is 5.82. The van der Waals surface area contributed by atoms with Crippen LogP contribution < -0.4 is 0 Å². The Kier molecular flexibility index (Phi) is 3.82. The van der Waals surface area contributed by atoms with Crippen LogP contribution in [0.3, 0.4) is 0 Å². The lowest BCUT2D eigenvalue weighted by atomic mass is 10.00. The highest BCUT2D eigenvalue weighted by Gasteiger charge is 2.36. The van der Waals surface area contributed by atoms with Crippen molar-refractivity contribution in [3.8, 4) is 11.5 Å². The summed E-state index contributed by atoms with van der Waals surface area (Å²) in [4.78, 5) is 14.5. The molecule has 4 heterocycles. The van der Waals surface area contributed by atoms with E-state index < -0.39 is 5.60 Å². The summed E-state index contributed by atoms with van der Waals surface area (Å²) in [5.74, 6) is 1.77. The number of rotatable bonds is 0. The summed E-state index contributed by atoms with van der Waals surface area (Å²) in [6.45, 7) is 11.9. The maximum absolute atomic E-state index is 12.7. The number of nitrogens with zero attached hydrogens (tertiary/aromatic N) is 6. The summed E-state index contributed by atoms with van der Waals surface area (Å²) in [6, 6.07) is 0.0519. The number of carbonyl (C=O) groups excluding carboxylic acids is 1. The van der Waals surface area contributed by atoms with E-state index in [2.05, 4.69) is 14.8 Å². The van der Waals surface area contributed by atoms with Gasteiger partial charge in [-0.15, -0.1) is 10.2 Å². The highest BCUT2D eigenvalue weighted by atomic mass is 16.6. The third kappa shape index (κ3) is 2.77. The van der Waals surface area contributed by atoms with Gasteiger partial charge in [0.2, 0.25) is 0 Å². The predicted molar refractivity (Wildman–Crippen MR) is 95.5 cm³/mol. The summed E-state index contributed by atoms with van der Waals surface area (Å²) in [5, 5.41) is 13.5. The number of fused-ring (bicyclic) bond motifs is 5. The smallest absolute Gasteiger partial charge is 0.410 e. The first kappa shape index (κ1) is 17.1. The molecule has 0 N–H and O–H groups in total. The van der Waals surface area contributed by atoms with Gasteiger partial charge in [-0.3, -0.25) is 4.68 Å². The molecule has 2 aliphatic heterocycles. The first-order valence-electron chi connectivity index (χ1n) is 9.23. The standard InChI is InChI=1S/C18H26N6O2/c1-11-9-14-13(10-23(11)17(25)26-18(3,4)5)15-16-20-19-12(2)22(16)7-6-8-24(15)21-14/h11H,6-10H2,1-5H3/t11-/m1/s1. The van der Waals surface area contributed by atoms with E-state index in [0.717, 1.165) is 54.5 Å². The van der Waals surface area contributed by atoms with Crippen LogP contribution in [0.15, 0.2) is 0 Å². The summed E-state index contributed by atoms with van der Waals surface area (Å²) in [5.41, 5.74) is 2.62. The third-order valence-corrected chi connectivity index (χ3v) is 5.01. The molecule has 1 amide bonds. The second-order valence-corrected chi connectivity index (χ2v) is 8.23. The van der Waals surface area contributed by atoms with Crippen molar-refractivity contribution in [2.24, 2.45) is 0 Å². The molecule has 2 aromatic rings. The first-order chi connectivity index (χ1) is 12.2. The van der Waals surface area contributed by atoms with Crippen LogP contribution in [0.25, 0.3) is 11.5 Å². The Labute approximate surface area is 153 Å². The summed E-state index contributed by atoms with van der Waals surface area (Å²) >= 11 is 0. The van der Waals surface area contributed by atoms with Crippen molar-refractivity contribution in [1.29, 1.82) is 0 Å². The van der Waals surface area contributed by atoms with Gasteiger partial charge >= 0.3 is 6.09 Å². The van der Waals surface area contributed by atoms with E-state index in [9.17, 15) is 4.79 Å². The SMILES string of the molecule is Cc1nnc2n1CCCn1nc3c(c1-2)CN(C(=O)OC(C)(C)C)[C@H](C)C3. The molecule has 0 saturated heterocycles. The van der Waals surface area contributed by atoms with Crippen LogP contribution in [0.4, 0.5) is 4.79 Å². The van der Waals surface area contributed by atoms with E-state index in [-0.39, 0.29) is 12.1 Å². The quantitative estimate of drug-likeness (QED) is 0.723. The van der Waals surface area contributed by atoms with E-state index in [0.29, 0.717) is 6.54 Å². The van der Waals surface area contributed by atoms with Gasteiger partial charge in [-0.2, -0.15) is 5.10 Å². The largest absolute Gasteiger partial charge is 0.444 e. The van der Waals surface area contributed by atoms with E-state index in [4.69, 9.17) is 9.84 Å². The van der Waals surface area contributed by atoms with Gasteiger partial charge in [0, 0.05) is 31.1 Å². The third-order valence-electron chi connectivity index (χ3n) is 5.01. The second-order valence-electron chi connectivity index (χ2n) is 8.23. The van der Waals surface area contributed by atoms with E-state index >= 15 is 0 Å². The molecule has 0 radical (unpaired) electrons. The molecule has 0 spiro atoms. The molecule has 0 aliphatic carbocycles. The van der Waals surface area contributed by atoms with Crippen LogP contribution in [0, 0.1) is 6.92 Å². The van der Waals surface area contributed by atoms with Gasteiger partial charge in [-0.05, 0) is 41.0 Å². The molecule has 26 heavy (non-hydrogen) atoms. The average Bonchev–Trinajstić information content (AvgIpc) is 2.99. The minimum Gasteiger partial charge on any atom is -0.444 e. The highest BCUT2D eigenvalue weighted by molar-refractivity contribution is 5.70. The van der Waals surface area contributed by atoms with Crippen LogP contribution in [0.5, 0.6) is 0 Å². The summed E-state index contributed by atoms with van der Waals surface area (Å²) < 4.78 is 9.80. The fraction of sp³-hybridized carbons (Fsp3) is 0.667. The molecule has 140 valence electrons. The topological polar surface area (TPSA) is 78.1 Å². The molecule has 1 atom stereocenters. The molecule has 4 rings (SSSR count). The van der Waals surface area contributed by atoms with Crippen LogP contribution >= 0.6 is 0 Å². The van der Waals surface area contributed by atoms with Crippen molar-refractivity contribution in [3.63, 3.8) is 0 Å². The number of hydrogen-bond donors (Lipinski definition) is 0. The lowest BCUT2D eigenvalue weighted by molar-refractivity contribution is 0.0138. The number of carbonyl (C=O) groups is 1. The van der Waals surface area contributed by atoms with Crippen molar-refractivity contribution in [1.82, 2.24) is 29.4 Å². The number of aromatic nitrogens is 5. The van der Waals surface area contributed by atoms with Gasteiger partial charge < -0.3 is 14.2 Å². The number of aryl methyl sites for hydroxylation is 2. The van der Waals surface area contributed by atoms with Crippen molar-refractivity contribution >= 4 is 6.09 Å². The zero-order valence-corrected chi connectivity index (χ0v) is 16.1. The van der Waals surface area contributed by atoms with Gasteiger partial charge in [0.1, 0.15) is 17.1 Å². The van der Waals surface area contributed by atoms with Crippen LogP contribution in [0.2, 0.25) is 0 Å². The molecule has 8 heteroatoms. The Hall–Kier alpha value is -2.38. The number of ether oxygens (including phenoxy) is 1. The Morgan fingerprint density at radius 1 is 1.23 bits per heavy atom. The molecule has 2 aromatic heterocycles. The lowest BCUT2D eigenvalue weighted by Gasteiger charge is -2.34. The van der Waals surface area contributed by atoms with Gasteiger partial charge in [-0.25, -0.2) is 4.79 Å². The molecule has 0 fully saturated rings. The Balaban J connectivity index is 1.74. The van der Waals surface area contributed by atoms with Crippen molar-refractivity contribution in [3.05, 3.63) is 17.1 Å². The normalized spacial score (nSPS) is 19.4. The molecule has 0 aromatic carbocycles. The Morgan fingerprint density at radius 3 is 2.73 bits per heavy atom. The minimum absolute atomic E-state index is 0.0519. The Morgan fingerprint density at radius 2 is 2.00 bits per heavy atom. The molecule has 8 nitrogen and oxygen atoms in total. The van der Waals surface area contributed by atoms with Crippen molar-refractivity contribution in [2.45, 2.75) is 78.7 Å². The van der Waals surface area contributed by atoms with Gasteiger partial charge in [0.15, 0.2) is 5.82 Å². The summed E-state index contributed by atoms with van der Waals surface area (Å²) in [7, 11) is 0. The minimum atomic E-state index is -0.510. The molecule has 0 unspecified atom stereocenters. The van der Waals surface area contributed by atoms with Gasteiger partial charge in [0.05, 0.1) is 12.2 Å². The molecule has 0 saturated carbocycles. The van der Waals surface area contributed by atoms with Gasteiger partial charge in [-0.1, -0.05) is 0 Å². The summed E-state index contributed by atoms with van der Waals surface area (Å²) in [6.07, 6.45) is 1.44. The average molecular weight is 358 g/mol. The maximum atomic E-state index is 12.7. The lowest BCUT2D eigenvalue weighted by Crippen LogP contribution is -2.45. The van der Waals surface area contributed by atoms with Crippen LogP contribution in [-0.2, 0) is 30.8 Å². The van der Waals surface area contributed by atoms with Crippen molar-refractivity contribution in [2.75, 3.05) is 0 Å². The van der Waals surface area contributed by atoms with Crippen LogP contribution in [-0.4, -0.2) is 47.2 Å². The fourth-order valence-electron chi connectivity index (χ4n) is 3.77. The highest BCUT2D eigenvalue weighted by Crippen LogP contribution is 2.34. The first-order valence-corrected chi connectivity index (χ1v) is 9.23. The van der Waals surface area contributed by atoms with Crippen molar-refractivity contribution < 1.29 is 9.53 Å². The zero-order valence-electron chi connectivity index (χ0n) is 16.1.